The smallest absolute Gasteiger partial charge is 0.354 e. The number of nitrogens with one attached hydrogen (secondary N) is 1. The number of fused-ring (bicyclic) bond motifs is 1. The zero-order valence-corrected chi connectivity index (χ0v) is 14.4. The van der Waals surface area contributed by atoms with Crippen molar-refractivity contribution in [3.05, 3.63) is 41.1 Å². The molecule has 3 N–H and O–H groups in total. The summed E-state index contributed by atoms with van der Waals surface area (Å²) in [5, 5.41) is 21.9. The number of aromatic nitrogens is 1. The summed E-state index contributed by atoms with van der Waals surface area (Å²) in [4.78, 5) is 43.9. The predicted octanol–water partition coefficient (Wildman–Crippen LogP) is 1.92. The van der Waals surface area contributed by atoms with Gasteiger partial charge in [-0.25, -0.2) is 14.6 Å². The zero-order valence-electron chi connectivity index (χ0n) is 14.4. The maximum Gasteiger partial charge on any atom is 0.354 e. The molecule has 0 saturated heterocycles. The van der Waals surface area contributed by atoms with Gasteiger partial charge in [-0.2, -0.15) is 0 Å². The molecule has 1 aromatic carbocycles. The Bertz CT molecular complexity index is 990. The van der Waals surface area contributed by atoms with Gasteiger partial charge in [0, 0.05) is 5.39 Å². The van der Waals surface area contributed by atoms with Gasteiger partial charge in [-0.3, -0.25) is 9.79 Å². The minimum absolute atomic E-state index is 0.0873. The molecule has 1 aliphatic heterocycles. The van der Waals surface area contributed by atoms with Gasteiger partial charge in [0.25, 0.3) is 5.91 Å². The van der Waals surface area contributed by atoms with E-state index in [1.807, 2.05) is 13.8 Å². The summed E-state index contributed by atoms with van der Waals surface area (Å²) >= 11 is 0. The number of aliphatic imine (C=N–C) groups is 1. The molecule has 1 aromatic heterocycles. The van der Waals surface area contributed by atoms with Crippen molar-refractivity contribution in [2.75, 3.05) is 0 Å². The molecule has 0 aliphatic carbocycles. The van der Waals surface area contributed by atoms with Crippen LogP contribution in [-0.4, -0.2) is 44.4 Å². The van der Waals surface area contributed by atoms with Gasteiger partial charge in [0.05, 0.1) is 16.6 Å². The third-order valence-corrected chi connectivity index (χ3v) is 4.71. The summed E-state index contributed by atoms with van der Waals surface area (Å²) in [5.41, 5.74) is -1.11. The van der Waals surface area contributed by atoms with Gasteiger partial charge in [-0.1, -0.05) is 26.0 Å². The lowest BCUT2D eigenvalue weighted by atomic mass is 9.89. The number of carboxylic acid groups (broad SMARTS) is 2. The van der Waals surface area contributed by atoms with Crippen molar-refractivity contribution in [2.45, 2.75) is 26.3 Å². The molecule has 1 aliphatic rings. The lowest BCUT2D eigenvalue weighted by molar-refractivity contribution is -0.124. The molecule has 8 nitrogen and oxygen atoms in total. The maximum atomic E-state index is 12.4. The number of aromatic carboxylic acids is 2. The Labute approximate surface area is 148 Å². The fraction of sp³-hybridized carbons (Fsp3) is 0.278. The Kier molecular flexibility index (Phi) is 3.98. The minimum Gasteiger partial charge on any atom is -0.478 e. The molecule has 8 heteroatoms. The van der Waals surface area contributed by atoms with Crippen molar-refractivity contribution in [3.8, 4) is 0 Å². The van der Waals surface area contributed by atoms with Crippen LogP contribution in [0.25, 0.3) is 10.9 Å². The molecular weight excluding hydrogens is 338 g/mol. The van der Waals surface area contributed by atoms with Crippen molar-refractivity contribution in [3.63, 3.8) is 0 Å². The Hall–Kier alpha value is -3.29. The second kappa shape index (κ2) is 5.91. The third kappa shape index (κ3) is 2.59. The number of rotatable bonds is 4. The van der Waals surface area contributed by atoms with E-state index in [-0.39, 0.29) is 40.0 Å². The standard InChI is InChI=1S/C18H17N3O5/c1-8(2)18(3)17(26)20-14(21-18)12-10(15(22)23)6-4-9-5-7-11(16(24)25)19-13(9)12/h4-8H,1-3H3,(H,22,23)(H,24,25)(H,20,21,26). The molecule has 0 radical (unpaired) electrons. The van der Waals surface area contributed by atoms with Crippen LogP contribution in [0.1, 0.15) is 47.2 Å². The fourth-order valence-corrected chi connectivity index (χ4v) is 2.78. The van der Waals surface area contributed by atoms with Crippen LogP contribution < -0.4 is 5.32 Å². The molecule has 2 aromatic rings. The summed E-state index contributed by atoms with van der Waals surface area (Å²) in [6.07, 6.45) is 0. The van der Waals surface area contributed by atoms with E-state index in [0.29, 0.717) is 5.39 Å². The van der Waals surface area contributed by atoms with E-state index < -0.39 is 17.5 Å². The minimum atomic E-state index is -1.23. The van der Waals surface area contributed by atoms with E-state index in [1.54, 1.807) is 19.1 Å². The van der Waals surface area contributed by atoms with E-state index >= 15 is 0 Å². The number of hydrogen-bond donors (Lipinski definition) is 3. The Morgan fingerprint density at radius 2 is 1.77 bits per heavy atom. The normalized spacial score (nSPS) is 19.5. The number of carbonyl (C=O) groups is 3. The van der Waals surface area contributed by atoms with Gasteiger partial charge in [0.2, 0.25) is 0 Å². The average molecular weight is 355 g/mol. The van der Waals surface area contributed by atoms with Crippen LogP contribution in [0.3, 0.4) is 0 Å². The molecule has 0 bridgehead atoms. The van der Waals surface area contributed by atoms with Crippen molar-refractivity contribution in [1.82, 2.24) is 10.3 Å². The van der Waals surface area contributed by atoms with Crippen LogP contribution in [0.5, 0.6) is 0 Å². The highest BCUT2D eigenvalue weighted by Crippen LogP contribution is 2.30. The van der Waals surface area contributed by atoms with E-state index in [1.165, 1.54) is 12.1 Å². The molecule has 0 spiro atoms. The molecule has 1 unspecified atom stereocenters. The van der Waals surface area contributed by atoms with Crippen LogP contribution >= 0.6 is 0 Å². The molecule has 3 rings (SSSR count). The first kappa shape index (κ1) is 17.5. The average Bonchev–Trinajstić information content (AvgIpc) is 2.89. The van der Waals surface area contributed by atoms with Crippen molar-refractivity contribution < 1.29 is 24.6 Å². The first-order valence-corrected chi connectivity index (χ1v) is 7.97. The lowest BCUT2D eigenvalue weighted by Crippen LogP contribution is -2.41. The van der Waals surface area contributed by atoms with E-state index in [9.17, 15) is 24.6 Å². The van der Waals surface area contributed by atoms with Crippen LogP contribution in [0.2, 0.25) is 0 Å². The zero-order chi connectivity index (χ0) is 19.2. The summed E-state index contributed by atoms with van der Waals surface area (Å²) < 4.78 is 0. The summed E-state index contributed by atoms with van der Waals surface area (Å²) in [6.45, 7) is 5.35. The van der Waals surface area contributed by atoms with Gasteiger partial charge in [-0.15, -0.1) is 0 Å². The highest BCUT2D eigenvalue weighted by Gasteiger charge is 2.43. The molecule has 0 saturated carbocycles. The number of benzene rings is 1. The number of nitrogens with zero attached hydrogens (tertiary/aromatic N) is 2. The first-order valence-electron chi connectivity index (χ1n) is 7.97. The number of amidine groups is 1. The predicted molar refractivity (Wildman–Crippen MR) is 93.6 cm³/mol. The summed E-state index contributed by atoms with van der Waals surface area (Å²) in [7, 11) is 0. The van der Waals surface area contributed by atoms with Gasteiger partial charge in [0.1, 0.15) is 17.1 Å². The highest BCUT2D eigenvalue weighted by molar-refractivity contribution is 6.23. The van der Waals surface area contributed by atoms with Gasteiger partial charge in [-0.05, 0) is 25.0 Å². The van der Waals surface area contributed by atoms with E-state index in [4.69, 9.17) is 0 Å². The quantitative estimate of drug-likeness (QED) is 0.768. The van der Waals surface area contributed by atoms with Crippen molar-refractivity contribution in [2.24, 2.45) is 10.9 Å². The van der Waals surface area contributed by atoms with Crippen molar-refractivity contribution in [1.29, 1.82) is 0 Å². The van der Waals surface area contributed by atoms with Crippen LogP contribution in [0.4, 0.5) is 0 Å². The molecule has 1 atom stereocenters. The number of carboxylic acids is 2. The number of amides is 1. The molecule has 26 heavy (non-hydrogen) atoms. The van der Waals surface area contributed by atoms with Gasteiger partial charge < -0.3 is 15.5 Å². The molecule has 134 valence electrons. The van der Waals surface area contributed by atoms with Crippen LogP contribution in [0.15, 0.2) is 29.3 Å². The second-order valence-corrected chi connectivity index (χ2v) is 6.58. The SMILES string of the molecule is CC(C)C1(C)N=C(c2c(C(=O)O)ccc3ccc(C(=O)O)nc23)NC1=O. The van der Waals surface area contributed by atoms with E-state index in [2.05, 4.69) is 15.3 Å². The number of hydrogen-bond acceptors (Lipinski definition) is 5. The molecule has 0 fully saturated rings. The van der Waals surface area contributed by atoms with Crippen LogP contribution in [-0.2, 0) is 4.79 Å². The first-order chi connectivity index (χ1) is 12.1. The van der Waals surface area contributed by atoms with Crippen molar-refractivity contribution >= 4 is 34.6 Å². The third-order valence-electron chi connectivity index (χ3n) is 4.71. The number of carbonyl (C=O) groups excluding carboxylic acids is 1. The highest BCUT2D eigenvalue weighted by atomic mass is 16.4. The monoisotopic (exact) mass is 355 g/mol. The van der Waals surface area contributed by atoms with Gasteiger partial charge in [0.15, 0.2) is 0 Å². The molecule has 2 heterocycles. The Balaban J connectivity index is 2.34. The number of pyridine rings is 1. The largest absolute Gasteiger partial charge is 0.478 e. The van der Waals surface area contributed by atoms with Crippen LogP contribution in [0, 0.1) is 5.92 Å². The topological polar surface area (TPSA) is 129 Å². The Morgan fingerprint density at radius 3 is 2.31 bits per heavy atom. The lowest BCUT2D eigenvalue weighted by Gasteiger charge is -2.21. The fourth-order valence-electron chi connectivity index (χ4n) is 2.78. The van der Waals surface area contributed by atoms with Gasteiger partial charge >= 0.3 is 11.9 Å². The second-order valence-electron chi connectivity index (χ2n) is 6.58. The molecule has 1 amide bonds. The summed E-state index contributed by atoms with van der Waals surface area (Å²) in [6, 6.07) is 5.81. The Morgan fingerprint density at radius 1 is 1.12 bits per heavy atom. The van der Waals surface area contributed by atoms with E-state index in [0.717, 1.165) is 0 Å². The molecular formula is C18H17N3O5. The summed E-state index contributed by atoms with van der Waals surface area (Å²) in [5.74, 6) is -2.83. The maximum absolute atomic E-state index is 12.4.